The largest absolute Gasteiger partial charge is 0.416 e. The van der Waals surface area contributed by atoms with E-state index >= 15 is 0 Å². The second-order valence-corrected chi connectivity index (χ2v) is 16.4. The number of benzene rings is 6. The lowest BCUT2D eigenvalue weighted by atomic mass is 10.1. The highest BCUT2D eigenvalue weighted by Gasteiger charge is 2.30. The maximum atomic E-state index is 13.1. The topological polar surface area (TPSA) is 101 Å². The van der Waals surface area contributed by atoms with Crippen molar-refractivity contribution in [1.29, 1.82) is 0 Å². The van der Waals surface area contributed by atoms with Crippen LogP contribution in [-0.2, 0) is 31.9 Å². The molecule has 0 spiro atoms. The predicted molar refractivity (Wildman–Crippen MR) is 248 cm³/mol. The van der Waals surface area contributed by atoms with Gasteiger partial charge in [-0.1, -0.05) is 141 Å². The van der Waals surface area contributed by atoms with Gasteiger partial charge in [0, 0.05) is 41.5 Å². The molecule has 0 aliphatic carbocycles. The highest BCUT2D eigenvalue weighted by Crippen LogP contribution is 2.31. The van der Waals surface area contributed by atoms with Gasteiger partial charge in [-0.2, -0.15) is 33.1 Å². The van der Waals surface area contributed by atoms with Gasteiger partial charge in [0.2, 0.25) is 11.9 Å². The molecule has 0 aliphatic rings. The third kappa shape index (κ3) is 13.6. The third-order valence-corrected chi connectivity index (χ3v) is 10.3. The van der Waals surface area contributed by atoms with Gasteiger partial charge in [0.25, 0.3) is 0 Å². The van der Waals surface area contributed by atoms with Crippen LogP contribution in [-0.4, -0.2) is 29.9 Å². The summed E-state index contributed by atoms with van der Waals surface area (Å²) in [4.78, 5) is 27.8. The van der Waals surface area contributed by atoms with Gasteiger partial charge in [-0.3, -0.25) is 0 Å². The molecule has 318 valence electrons. The van der Waals surface area contributed by atoms with Gasteiger partial charge in [0.05, 0.1) is 5.56 Å². The number of aryl methyl sites for hydroxylation is 4. The molecule has 8 nitrogen and oxygen atoms in total. The van der Waals surface area contributed by atoms with Gasteiger partial charge in [0.1, 0.15) is 23.3 Å². The molecule has 0 amide bonds. The van der Waals surface area contributed by atoms with Crippen molar-refractivity contribution >= 4 is 39.2 Å². The van der Waals surface area contributed by atoms with Gasteiger partial charge in [-0.15, -0.1) is 0 Å². The monoisotopic (exact) mass is 906 g/mol. The lowest BCUT2D eigenvalue weighted by Gasteiger charge is -2.12. The third-order valence-electron chi connectivity index (χ3n) is 9.78. The fourth-order valence-electron chi connectivity index (χ4n) is 6.95. The van der Waals surface area contributed by atoms with E-state index in [-0.39, 0.29) is 11.6 Å². The van der Waals surface area contributed by atoms with Crippen LogP contribution in [0.15, 0.2) is 150 Å². The van der Waals surface area contributed by atoms with Gasteiger partial charge in [-0.25, -0.2) is 9.97 Å². The molecule has 0 saturated heterocycles. The van der Waals surface area contributed by atoms with Crippen LogP contribution in [0.1, 0.15) is 73.4 Å². The summed E-state index contributed by atoms with van der Waals surface area (Å²) in [6.45, 7) is 8.22. The Bertz CT molecular complexity index is 2680. The molecule has 12 heteroatoms. The van der Waals surface area contributed by atoms with Gasteiger partial charge in [0.15, 0.2) is 0 Å². The Kier molecular flexibility index (Phi) is 14.3. The van der Waals surface area contributed by atoms with E-state index in [9.17, 15) is 13.2 Å². The maximum Gasteiger partial charge on any atom is 0.416 e. The van der Waals surface area contributed by atoms with Gasteiger partial charge in [-0.05, 0) is 92.4 Å². The van der Waals surface area contributed by atoms with E-state index in [1.165, 1.54) is 28.3 Å². The molecule has 0 atom stereocenters. The van der Waals surface area contributed by atoms with Crippen LogP contribution >= 0.6 is 15.9 Å². The smallest absolute Gasteiger partial charge is 0.324 e. The highest BCUT2D eigenvalue weighted by atomic mass is 79.9. The van der Waals surface area contributed by atoms with Crippen molar-refractivity contribution in [2.45, 2.75) is 59.6 Å². The Morgan fingerprint density at radius 1 is 0.413 bits per heavy atom. The normalized spacial score (nSPS) is 11.1. The van der Waals surface area contributed by atoms with Crippen molar-refractivity contribution in [3.63, 3.8) is 0 Å². The molecule has 0 fully saturated rings. The lowest BCUT2D eigenvalue weighted by Crippen LogP contribution is -2.10. The average molecular weight is 908 g/mol. The first kappa shape index (κ1) is 44.3. The van der Waals surface area contributed by atoms with Crippen molar-refractivity contribution in [1.82, 2.24) is 29.9 Å². The first-order valence-corrected chi connectivity index (χ1v) is 21.2. The van der Waals surface area contributed by atoms with Crippen LogP contribution in [0.4, 0.5) is 36.4 Å². The Labute approximate surface area is 374 Å². The zero-order valence-electron chi connectivity index (χ0n) is 35.4. The van der Waals surface area contributed by atoms with E-state index in [1.54, 1.807) is 6.07 Å². The number of nitrogens with zero attached hydrogens (tertiary/aromatic N) is 6. The lowest BCUT2D eigenvalue weighted by molar-refractivity contribution is -0.137. The quantitative estimate of drug-likeness (QED) is 0.125. The van der Waals surface area contributed by atoms with Crippen LogP contribution in [0.3, 0.4) is 0 Å². The zero-order valence-corrected chi connectivity index (χ0v) is 37.0. The fraction of sp³-hybridized carbons (Fsp3) is 0.176. The van der Waals surface area contributed by atoms with Crippen molar-refractivity contribution in [2.75, 3.05) is 10.6 Å². The molecular weight excluding hydrogens is 862 g/mol. The van der Waals surface area contributed by atoms with E-state index in [4.69, 9.17) is 15.0 Å². The predicted octanol–water partition coefficient (Wildman–Crippen LogP) is 12.6. The summed E-state index contributed by atoms with van der Waals surface area (Å²) < 4.78 is 40.4. The number of nitrogens with one attached hydrogen (secondary N) is 2. The van der Waals surface area contributed by atoms with Gasteiger partial charge < -0.3 is 10.6 Å². The van der Waals surface area contributed by atoms with Crippen LogP contribution in [0.2, 0.25) is 0 Å². The average Bonchev–Trinajstić information content (AvgIpc) is 3.22. The summed E-state index contributed by atoms with van der Waals surface area (Å²) in [6.07, 6.45) is -2.12. The summed E-state index contributed by atoms with van der Waals surface area (Å²) in [7, 11) is 0. The van der Waals surface area contributed by atoms with Crippen molar-refractivity contribution < 1.29 is 13.2 Å². The first-order chi connectivity index (χ1) is 30.3. The van der Waals surface area contributed by atoms with Crippen LogP contribution < -0.4 is 10.6 Å². The number of rotatable bonds is 12. The standard InChI is InChI=1S/C26H23F3N4.C25H23BrN4/c1-17-6-3-8-19(12-17)14-23-31-24(15-20-9-4-7-18(2)13-20)33-25(32-23)30-22-11-5-10-21(16-22)26(27,28)29;1-17-5-3-7-19(13-17)15-23-28-24(16-20-8-4-6-18(2)14-20)30-25(29-23)27-22-11-9-21(26)10-12-22/h3-13,16H,14-15H2,1-2H3,(H,30,31,32,33);3-14H,15-16H2,1-2H3,(H,27,28,29,30). The van der Waals surface area contributed by atoms with Crippen molar-refractivity contribution in [3.8, 4) is 0 Å². The van der Waals surface area contributed by atoms with E-state index in [2.05, 4.69) is 116 Å². The minimum Gasteiger partial charge on any atom is -0.324 e. The number of halogens is 4. The van der Waals surface area contributed by atoms with E-state index in [0.717, 1.165) is 56.2 Å². The number of hydrogen-bond donors (Lipinski definition) is 2. The zero-order chi connectivity index (χ0) is 44.3. The number of anilines is 4. The van der Waals surface area contributed by atoms with Crippen LogP contribution in [0, 0.1) is 27.7 Å². The Balaban J connectivity index is 0.000000190. The van der Waals surface area contributed by atoms with Gasteiger partial charge >= 0.3 is 6.18 Å². The van der Waals surface area contributed by atoms with E-state index in [1.807, 2.05) is 74.5 Å². The second-order valence-electron chi connectivity index (χ2n) is 15.5. The Hall–Kier alpha value is -6.79. The highest BCUT2D eigenvalue weighted by molar-refractivity contribution is 9.10. The molecule has 0 radical (unpaired) electrons. The molecular formula is C51H46BrF3N8. The maximum absolute atomic E-state index is 13.1. The summed E-state index contributed by atoms with van der Waals surface area (Å²) in [5.74, 6) is 3.41. The summed E-state index contributed by atoms with van der Waals surface area (Å²) in [5.41, 5.74) is 9.67. The number of aromatic nitrogens is 6. The van der Waals surface area contributed by atoms with E-state index in [0.29, 0.717) is 43.3 Å². The summed E-state index contributed by atoms with van der Waals surface area (Å²) in [5, 5.41) is 6.25. The molecule has 2 heterocycles. The molecule has 0 bridgehead atoms. The molecule has 0 saturated carbocycles. The molecule has 2 N–H and O–H groups in total. The molecule has 0 aliphatic heterocycles. The van der Waals surface area contributed by atoms with E-state index < -0.39 is 11.7 Å². The van der Waals surface area contributed by atoms with Crippen LogP contribution in [0.25, 0.3) is 0 Å². The molecule has 8 aromatic rings. The van der Waals surface area contributed by atoms with Crippen LogP contribution in [0.5, 0.6) is 0 Å². The minimum absolute atomic E-state index is 0.217. The Morgan fingerprint density at radius 2 is 0.762 bits per heavy atom. The molecule has 8 rings (SSSR count). The molecule has 63 heavy (non-hydrogen) atoms. The SMILES string of the molecule is Cc1cccc(Cc2nc(Cc3cccc(C)c3)nc(Nc3ccc(Br)cc3)n2)c1.Cc1cccc(Cc2nc(Cc3cccc(C)c3)nc(Nc3cccc(C(F)(F)F)c3)n2)c1. The molecule has 6 aromatic carbocycles. The Morgan fingerprint density at radius 3 is 1.11 bits per heavy atom. The molecule has 0 unspecified atom stereocenters. The van der Waals surface area contributed by atoms with Crippen molar-refractivity contribution in [2.24, 2.45) is 0 Å². The minimum atomic E-state index is -4.43. The number of hydrogen-bond acceptors (Lipinski definition) is 8. The fourth-order valence-corrected chi connectivity index (χ4v) is 7.21. The summed E-state index contributed by atoms with van der Waals surface area (Å²) >= 11 is 3.47. The first-order valence-electron chi connectivity index (χ1n) is 20.4. The van der Waals surface area contributed by atoms with Crippen molar-refractivity contribution in [3.05, 3.63) is 223 Å². The summed E-state index contributed by atoms with van der Waals surface area (Å²) in [6, 6.07) is 45.9. The second kappa shape index (κ2) is 20.4. The molecule has 2 aromatic heterocycles. The number of alkyl halides is 3.